The monoisotopic (exact) mass is 842 g/mol. The lowest BCUT2D eigenvalue weighted by atomic mass is 9.80. The molecule has 16 nitrogen and oxygen atoms in total. The first-order valence-corrected chi connectivity index (χ1v) is 21.3. The molecule has 0 unspecified atom stereocenters. The number of amides is 2. The SMILES string of the molecule is NCCC[N+](CCCN)(CCOC(=O)NC1CCC(C(F)(F)c2cc(Cl)nc(N3CCN(S(=O)(=O)c4ccc(N5C[C@H](N)CC5=O)cc4)CC3)c2)CC1)CC(=O)O. The van der Waals surface area contributed by atoms with Crippen LogP contribution in [0, 0.1) is 5.92 Å². The molecule has 1 atom stereocenters. The maximum absolute atomic E-state index is 16.1. The van der Waals surface area contributed by atoms with Crippen LogP contribution in [-0.2, 0) is 30.3 Å². The highest BCUT2D eigenvalue weighted by atomic mass is 35.5. The summed E-state index contributed by atoms with van der Waals surface area (Å²) in [6.07, 6.45) is 1.62. The molecule has 1 aromatic heterocycles. The summed E-state index contributed by atoms with van der Waals surface area (Å²) < 4.78 is 66.0. The van der Waals surface area contributed by atoms with Gasteiger partial charge in [0.25, 0.3) is 5.92 Å². The van der Waals surface area contributed by atoms with E-state index in [9.17, 15) is 27.9 Å². The van der Waals surface area contributed by atoms with E-state index in [1.54, 1.807) is 17.0 Å². The second-order valence-corrected chi connectivity index (χ2v) is 17.5. The number of carboxylic acids is 1. The summed E-state index contributed by atoms with van der Waals surface area (Å²) in [6.45, 7) is 2.86. The van der Waals surface area contributed by atoms with E-state index >= 15 is 8.78 Å². The maximum Gasteiger partial charge on any atom is 0.407 e. The third-order valence-electron chi connectivity index (χ3n) is 11.2. The van der Waals surface area contributed by atoms with E-state index in [1.165, 1.54) is 27.4 Å². The number of sulfonamides is 1. The second-order valence-electron chi connectivity index (χ2n) is 15.2. The van der Waals surface area contributed by atoms with Crippen LogP contribution in [0.3, 0.4) is 0 Å². The van der Waals surface area contributed by atoms with Crippen LogP contribution in [0.1, 0.15) is 50.5 Å². The molecule has 0 radical (unpaired) electrons. The van der Waals surface area contributed by atoms with Gasteiger partial charge in [0.05, 0.1) is 18.0 Å². The summed E-state index contributed by atoms with van der Waals surface area (Å²) in [5, 5.41) is 12.2. The fraction of sp³-hybridized carbons (Fsp3) is 0.622. The molecule has 3 heterocycles. The number of aromatic nitrogens is 1. The first-order chi connectivity index (χ1) is 27.1. The Labute approximate surface area is 337 Å². The van der Waals surface area contributed by atoms with Gasteiger partial charge < -0.3 is 46.6 Å². The predicted octanol–water partition coefficient (Wildman–Crippen LogP) is 2.29. The Kier molecular flexibility index (Phi) is 15.1. The number of nitrogens with zero attached hydrogens (tertiary/aromatic N) is 5. The Morgan fingerprint density at radius 3 is 2.19 bits per heavy atom. The number of benzene rings is 1. The van der Waals surface area contributed by atoms with Crippen molar-refractivity contribution < 1.29 is 45.9 Å². The van der Waals surface area contributed by atoms with Crippen LogP contribution in [0.25, 0.3) is 0 Å². The minimum absolute atomic E-state index is 0.0231. The number of nitrogens with two attached hydrogens (primary N) is 3. The number of anilines is 2. The molecule has 2 aromatic rings. The van der Waals surface area contributed by atoms with Crippen LogP contribution in [-0.4, -0.2) is 136 Å². The lowest BCUT2D eigenvalue weighted by Gasteiger charge is -2.37. The quantitative estimate of drug-likeness (QED) is 0.108. The number of carboxylic acid groups (broad SMARTS) is 1. The largest absolute Gasteiger partial charge is 0.477 e. The van der Waals surface area contributed by atoms with Crippen molar-refractivity contribution in [2.45, 2.75) is 67.8 Å². The van der Waals surface area contributed by atoms with Crippen molar-refractivity contribution in [3.8, 4) is 0 Å². The van der Waals surface area contributed by atoms with E-state index in [-0.39, 0.29) is 109 Å². The number of hydrogen-bond acceptors (Lipinski definition) is 11. The molecule has 316 valence electrons. The van der Waals surface area contributed by atoms with Gasteiger partial charge in [-0.2, -0.15) is 4.31 Å². The van der Waals surface area contributed by atoms with Crippen LogP contribution in [0.5, 0.6) is 0 Å². The average molecular weight is 843 g/mol. The number of carbonyl (C=O) groups is 3. The maximum atomic E-state index is 16.1. The summed E-state index contributed by atoms with van der Waals surface area (Å²) >= 11 is 6.29. The number of pyridine rings is 1. The molecule has 0 spiro atoms. The fourth-order valence-electron chi connectivity index (χ4n) is 8.02. The molecule has 2 amide bonds. The molecule has 1 aromatic carbocycles. The van der Waals surface area contributed by atoms with Gasteiger partial charge in [-0.1, -0.05) is 11.6 Å². The van der Waals surface area contributed by atoms with Gasteiger partial charge in [-0.25, -0.2) is 31.8 Å². The molecule has 3 fully saturated rings. The summed E-state index contributed by atoms with van der Waals surface area (Å²) in [4.78, 5) is 44.2. The molecule has 57 heavy (non-hydrogen) atoms. The predicted molar refractivity (Wildman–Crippen MR) is 210 cm³/mol. The first-order valence-electron chi connectivity index (χ1n) is 19.4. The van der Waals surface area contributed by atoms with E-state index in [2.05, 4.69) is 10.3 Å². The van der Waals surface area contributed by atoms with Crippen LogP contribution >= 0.6 is 11.6 Å². The Balaban J connectivity index is 1.12. The topological polar surface area (TPSA) is 228 Å². The summed E-state index contributed by atoms with van der Waals surface area (Å²) in [7, 11) is -3.87. The number of ether oxygens (including phenoxy) is 1. The molecule has 20 heteroatoms. The summed E-state index contributed by atoms with van der Waals surface area (Å²) in [5.41, 5.74) is 17.5. The van der Waals surface area contributed by atoms with Crippen molar-refractivity contribution in [1.82, 2.24) is 14.6 Å². The number of alkyl carbamates (subject to hydrolysis) is 1. The minimum atomic E-state index is -3.87. The van der Waals surface area contributed by atoms with Crippen molar-refractivity contribution in [3.05, 3.63) is 47.1 Å². The number of alkyl halides is 2. The molecule has 3 aliphatic rings. The highest BCUT2D eigenvalue weighted by molar-refractivity contribution is 7.89. The Morgan fingerprint density at radius 2 is 1.63 bits per heavy atom. The van der Waals surface area contributed by atoms with Crippen molar-refractivity contribution in [3.63, 3.8) is 0 Å². The Hall–Kier alpha value is -3.72. The zero-order valence-electron chi connectivity index (χ0n) is 32.0. The van der Waals surface area contributed by atoms with Crippen molar-refractivity contribution in [1.29, 1.82) is 0 Å². The van der Waals surface area contributed by atoms with Gasteiger partial charge in [0, 0.05) is 81.2 Å². The molecule has 0 bridgehead atoms. The molecule has 1 aliphatic carbocycles. The van der Waals surface area contributed by atoms with E-state index < -0.39 is 33.9 Å². The van der Waals surface area contributed by atoms with Gasteiger partial charge in [0.1, 0.15) is 24.1 Å². The van der Waals surface area contributed by atoms with Gasteiger partial charge in [-0.3, -0.25) is 4.79 Å². The molecule has 5 rings (SSSR count). The van der Waals surface area contributed by atoms with E-state index in [0.29, 0.717) is 64.1 Å². The third-order valence-corrected chi connectivity index (χ3v) is 13.3. The van der Waals surface area contributed by atoms with Gasteiger partial charge in [0.15, 0.2) is 6.54 Å². The highest BCUT2D eigenvalue weighted by Gasteiger charge is 2.44. The number of rotatable bonds is 18. The molecular formula is C37H55ClF2N9O7S+. The molecule has 2 aliphatic heterocycles. The van der Waals surface area contributed by atoms with Gasteiger partial charge in [0.2, 0.25) is 15.9 Å². The van der Waals surface area contributed by atoms with Gasteiger partial charge >= 0.3 is 12.1 Å². The second kappa shape index (κ2) is 19.4. The average Bonchev–Trinajstić information content (AvgIpc) is 3.53. The van der Waals surface area contributed by atoms with Crippen molar-refractivity contribution >= 4 is 51.1 Å². The molecule has 2 saturated heterocycles. The zero-order chi connectivity index (χ0) is 41.4. The standard InChI is InChI=1S/C37H54ClF2N9O7S/c38-32-21-27(22-33(45-32)46-13-15-47(16-14-46)57(54,55)31-9-7-30(8-10-31)48-24-28(43)23-34(48)50)37(39,40)26-3-5-29(6-4-26)44-36(53)56-20-19-49(17-1-11-41,18-2-12-42)25-35(51)52/h7-10,21-22,26,28-29H,1-6,11-20,23-25,41-43H2,(H-,44,51,52,53)/p+1/t26?,28-,29?/m1/s1. The number of carbonyl (C=O) groups excluding carboxylic acids is 2. The molecular weight excluding hydrogens is 788 g/mol. The summed E-state index contributed by atoms with van der Waals surface area (Å²) in [5.74, 6) is -5.14. The van der Waals surface area contributed by atoms with Crippen molar-refractivity contribution in [2.75, 3.05) is 88.4 Å². The van der Waals surface area contributed by atoms with Crippen LogP contribution in [0.2, 0.25) is 5.15 Å². The number of halogens is 3. The first kappa shape index (κ1) is 44.4. The number of nitrogens with one attached hydrogen (secondary N) is 1. The smallest absolute Gasteiger partial charge is 0.407 e. The van der Waals surface area contributed by atoms with Crippen molar-refractivity contribution in [2.24, 2.45) is 23.1 Å². The van der Waals surface area contributed by atoms with Crippen LogP contribution < -0.4 is 32.3 Å². The Morgan fingerprint density at radius 1 is 1.00 bits per heavy atom. The number of hydrogen-bond donors (Lipinski definition) is 5. The van der Waals surface area contributed by atoms with E-state index in [4.69, 9.17) is 33.5 Å². The highest BCUT2D eigenvalue weighted by Crippen LogP contribution is 2.45. The lowest BCUT2D eigenvalue weighted by molar-refractivity contribution is -0.921. The van der Waals surface area contributed by atoms with Crippen LogP contribution in [0.15, 0.2) is 41.3 Å². The number of piperazine rings is 1. The van der Waals surface area contributed by atoms with E-state index in [0.717, 1.165) is 6.07 Å². The Bertz CT molecular complexity index is 1800. The molecule has 8 N–H and O–H groups in total. The van der Waals surface area contributed by atoms with Crippen LogP contribution in [0.4, 0.5) is 25.1 Å². The van der Waals surface area contributed by atoms with Gasteiger partial charge in [-0.05, 0) is 75.2 Å². The third kappa shape index (κ3) is 11.3. The fourth-order valence-corrected chi connectivity index (χ4v) is 9.64. The number of quaternary nitrogens is 1. The normalized spacial score (nSPS) is 21.2. The molecule has 1 saturated carbocycles. The number of aliphatic carboxylic acids is 1. The van der Waals surface area contributed by atoms with Gasteiger partial charge in [-0.15, -0.1) is 0 Å². The zero-order valence-corrected chi connectivity index (χ0v) is 33.6. The lowest BCUT2D eigenvalue weighted by Crippen LogP contribution is -2.55. The van der Waals surface area contributed by atoms with E-state index in [1.807, 2.05) is 0 Å². The minimum Gasteiger partial charge on any atom is -0.477 e. The summed E-state index contributed by atoms with van der Waals surface area (Å²) in [6, 6.07) is 7.93.